The van der Waals surface area contributed by atoms with E-state index in [0.717, 1.165) is 5.56 Å². The van der Waals surface area contributed by atoms with E-state index in [2.05, 4.69) is 10.4 Å². The molecule has 0 aliphatic rings. The van der Waals surface area contributed by atoms with Gasteiger partial charge >= 0.3 is 0 Å². The molecule has 3 rings (SSSR count). The van der Waals surface area contributed by atoms with E-state index in [0.29, 0.717) is 28.4 Å². The van der Waals surface area contributed by atoms with Crippen LogP contribution in [0.2, 0.25) is 5.02 Å². The third-order valence-corrected chi connectivity index (χ3v) is 3.50. The molecule has 5 nitrogen and oxygen atoms in total. The fraction of sp³-hybridized carbons (Fsp3) is 0.0667. The minimum absolute atomic E-state index is 0.136. The number of benzene rings is 2. The van der Waals surface area contributed by atoms with Crippen LogP contribution in [-0.2, 0) is 6.54 Å². The van der Waals surface area contributed by atoms with Crippen molar-refractivity contribution in [2.45, 2.75) is 6.54 Å². The largest absolute Gasteiger partial charge is 0.294 e. The Labute approximate surface area is 126 Å². The highest BCUT2D eigenvalue weighted by atomic mass is 35.5. The van der Waals surface area contributed by atoms with Gasteiger partial charge in [0.2, 0.25) is 5.95 Å². The molecule has 1 heterocycles. The number of anilines is 1. The fourth-order valence-electron chi connectivity index (χ4n) is 2.20. The number of hydrazine groups is 1. The Kier molecular flexibility index (Phi) is 3.60. The van der Waals surface area contributed by atoms with E-state index in [1.807, 2.05) is 24.3 Å². The molecule has 1 aromatic heterocycles. The first kappa shape index (κ1) is 13.6. The molecule has 106 valence electrons. The van der Waals surface area contributed by atoms with Crippen LogP contribution in [0.5, 0.6) is 0 Å². The molecule has 0 unspecified atom stereocenters. The van der Waals surface area contributed by atoms with Gasteiger partial charge in [0.05, 0.1) is 17.4 Å². The predicted octanol–water partition coefficient (Wildman–Crippen LogP) is 2.38. The van der Waals surface area contributed by atoms with Gasteiger partial charge in [-0.1, -0.05) is 35.9 Å². The van der Waals surface area contributed by atoms with Crippen LogP contribution in [0.1, 0.15) is 5.56 Å². The Hall–Kier alpha value is -2.37. The first-order valence-electron chi connectivity index (χ1n) is 6.39. The molecule has 2 aromatic carbocycles. The Bertz CT molecular complexity index is 842. The Morgan fingerprint density at radius 1 is 1.14 bits per heavy atom. The number of hydrogen-bond acceptors (Lipinski definition) is 4. The average molecular weight is 301 g/mol. The molecule has 0 saturated heterocycles. The minimum atomic E-state index is -0.136. The summed E-state index contributed by atoms with van der Waals surface area (Å²) in [6, 6.07) is 14.5. The van der Waals surface area contributed by atoms with Crippen molar-refractivity contribution in [3.05, 3.63) is 69.5 Å². The van der Waals surface area contributed by atoms with Crippen LogP contribution >= 0.6 is 11.6 Å². The lowest BCUT2D eigenvalue weighted by Gasteiger charge is -2.12. The van der Waals surface area contributed by atoms with E-state index in [1.165, 1.54) is 4.57 Å². The molecule has 3 aromatic rings. The summed E-state index contributed by atoms with van der Waals surface area (Å²) >= 11 is 5.87. The van der Waals surface area contributed by atoms with Gasteiger partial charge in [0.25, 0.3) is 5.56 Å². The number of hydrogen-bond donors (Lipinski definition) is 2. The standard InChI is InChI=1S/C15H13ClN4O/c16-11-7-5-10(6-8-11)9-20-14(21)12-3-1-2-4-13(12)18-15(20)19-17/h1-8H,9,17H2,(H,18,19). The monoisotopic (exact) mass is 300 g/mol. The van der Waals surface area contributed by atoms with Gasteiger partial charge in [-0.25, -0.2) is 10.8 Å². The summed E-state index contributed by atoms with van der Waals surface area (Å²) in [5.41, 5.74) is 3.90. The maximum absolute atomic E-state index is 12.6. The van der Waals surface area contributed by atoms with Crippen LogP contribution in [0.15, 0.2) is 53.3 Å². The van der Waals surface area contributed by atoms with Crippen molar-refractivity contribution in [2.24, 2.45) is 5.84 Å². The zero-order valence-corrected chi connectivity index (χ0v) is 11.8. The highest BCUT2D eigenvalue weighted by Crippen LogP contribution is 2.14. The molecule has 0 bridgehead atoms. The molecular formula is C15H13ClN4O. The zero-order chi connectivity index (χ0) is 14.8. The van der Waals surface area contributed by atoms with Gasteiger partial charge in [-0.2, -0.15) is 0 Å². The summed E-state index contributed by atoms with van der Waals surface area (Å²) in [6.45, 7) is 0.368. The summed E-state index contributed by atoms with van der Waals surface area (Å²) < 4.78 is 1.51. The quantitative estimate of drug-likeness (QED) is 0.575. The smallest absolute Gasteiger partial charge is 0.263 e. The molecule has 21 heavy (non-hydrogen) atoms. The van der Waals surface area contributed by atoms with Crippen molar-refractivity contribution >= 4 is 28.5 Å². The summed E-state index contributed by atoms with van der Waals surface area (Å²) in [7, 11) is 0. The molecule has 3 N–H and O–H groups in total. The van der Waals surface area contributed by atoms with E-state index < -0.39 is 0 Å². The summed E-state index contributed by atoms with van der Waals surface area (Å²) in [5, 5.41) is 1.21. The maximum Gasteiger partial charge on any atom is 0.263 e. The normalized spacial score (nSPS) is 10.8. The predicted molar refractivity (Wildman–Crippen MR) is 84.4 cm³/mol. The Morgan fingerprint density at radius 2 is 1.86 bits per heavy atom. The lowest BCUT2D eigenvalue weighted by molar-refractivity contribution is 0.754. The number of nitrogens with zero attached hydrogens (tertiary/aromatic N) is 2. The van der Waals surface area contributed by atoms with Crippen LogP contribution in [-0.4, -0.2) is 9.55 Å². The molecule has 0 radical (unpaired) electrons. The van der Waals surface area contributed by atoms with Crippen molar-refractivity contribution in [3.8, 4) is 0 Å². The third-order valence-electron chi connectivity index (χ3n) is 3.24. The highest BCUT2D eigenvalue weighted by Gasteiger charge is 2.10. The topological polar surface area (TPSA) is 72.9 Å². The second-order valence-electron chi connectivity index (χ2n) is 4.61. The lowest BCUT2D eigenvalue weighted by Crippen LogP contribution is -2.27. The Balaban J connectivity index is 2.14. The van der Waals surface area contributed by atoms with E-state index in [-0.39, 0.29) is 5.56 Å². The highest BCUT2D eigenvalue weighted by molar-refractivity contribution is 6.30. The van der Waals surface area contributed by atoms with Crippen molar-refractivity contribution in [3.63, 3.8) is 0 Å². The van der Waals surface area contributed by atoms with Gasteiger partial charge in [-0.05, 0) is 29.8 Å². The van der Waals surface area contributed by atoms with Crippen LogP contribution in [0.25, 0.3) is 10.9 Å². The first-order valence-corrected chi connectivity index (χ1v) is 6.77. The van der Waals surface area contributed by atoms with E-state index in [1.54, 1.807) is 24.3 Å². The van der Waals surface area contributed by atoms with Crippen molar-refractivity contribution in [1.29, 1.82) is 0 Å². The van der Waals surface area contributed by atoms with Gasteiger partial charge in [0.1, 0.15) is 0 Å². The second-order valence-corrected chi connectivity index (χ2v) is 5.05. The number of nitrogens with one attached hydrogen (secondary N) is 1. The van der Waals surface area contributed by atoms with Crippen molar-refractivity contribution < 1.29 is 0 Å². The SMILES string of the molecule is NNc1nc2ccccc2c(=O)n1Cc1ccc(Cl)cc1. The first-order chi connectivity index (χ1) is 10.2. The molecule has 0 aliphatic heterocycles. The Morgan fingerprint density at radius 3 is 2.57 bits per heavy atom. The summed E-state index contributed by atoms with van der Waals surface area (Å²) in [6.07, 6.45) is 0. The molecular weight excluding hydrogens is 288 g/mol. The number of rotatable bonds is 3. The van der Waals surface area contributed by atoms with E-state index in [9.17, 15) is 4.79 Å². The number of nitrogen functional groups attached to an aromatic ring is 1. The number of fused-ring (bicyclic) bond motifs is 1. The number of nitrogens with two attached hydrogens (primary N) is 1. The lowest BCUT2D eigenvalue weighted by atomic mass is 10.2. The fourth-order valence-corrected chi connectivity index (χ4v) is 2.32. The van der Waals surface area contributed by atoms with Gasteiger partial charge in [-0.3, -0.25) is 14.8 Å². The molecule has 0 fully saturated rings. The van der Waals surface area contributed by atoms with Crippen LogP contribution in [0, 0.1) is 0 Å². The number of para-hydroxylation sites is 1. The maximum atomic E-state index is 12.6. The minimum Gasteiger partial charge on any atom is -0.294 e. The molecule has 0 aliphatic carbocycles. The molecule has 0 saturated carbocycles. The summed E-state index contributed by atoms with van der Waals surface area (Å²) in [5.74, 6) is 5.82. The van der Waals surface area contributed by atoms with Gasteiger partial charge < -0.3 is 0 Å². The molecule has 6 heteroatoms. The van der Waals surface area contributed by atoms with Crippen LogP contribution < -0.4 is 16.8 Å². The van der Waals surface area contributed by atoms with Crippen molar-refractivity contribution in [1.82, 2.24) is 9.55 Å². The van der Waals surface area contributed by atoms with Gasteiger partial charge in [-0.15, -0.1) is 0 Å². The van der Waals surface area contributed by atoms with Crippen molar-refractivity contribution in [2.75, 3.05) is 5.43 Å². The summed E-state index contributed by atoms with van der Waals surface area (Å²) in [4.78, 5) is 16.9. The number of aromatic nitrogens is 2. The third kappa shape index (κ3) is 2.61. The van der Waals surface area contributed by atoms with Crippen LogP contribution in [0.4, 0.5) is 5.95 Å². The molecule has 0 amide bonds. The molecule has 0 spiro atoms. The van der Waals surface area contributed by atoms with Gasteiger partial charge in [0, 0.05) is 5.02 Å². The van der Waals surface area contributed by atoms with Gasteiger partial charge in [0.15, 0.2) is 0 Å². The zero-order valence-electron chi connectivity index (χ0n) is 11.1. The second kappa shape index (κ2) is 5.55. The van der Waals surface area contributed by atoms with E-state index in [4.69, 9.17) is 17.4 Å². The van der Waals surface area contributed by atoms with E-state index >= 15 is 0 Å². The molecule has 0 atom stereocenters. The van der Waals surface area contributed by atoms with Crippen LogP contribution in [0.3, 0.4) is 0 Å². The number of halogens is 1. The average Bonchev–Trinajstić information content (AvgIpc) is 2.52.